The number of likely N-dealkylation sites (N-methyl/N-ethyl adjacent to an activating group) is 1. The van der Waals surface area contributed by atoms with Crippen molar-refractivity contribution in [1.29, 1.82) is 0 Å². The lowest BCUT2D eigenvalue weighted by molar-refractivity contribution is -0.120. The molecule has 1 heterocycles. The summed E-state index contributed by atoms with van der Waals surface area (Å²) in [5, 5.41) is 13.4. The monoisotopic (exact) mass is 291 g/mol. The second kappa shape index (κ2) is 6.35. The molecule has 3 aromatic rings. The number of nitrogens with zero attached hydrogens (tertiary/aromatic N) is 2. The van der Waals surface area contributed by atoms with Crippen LogP contribution >= 0.6 is 0 Å². The third kappa shape index (κ3) is 2.81. The molecule has 0 spiro atoms. The summed E-state index contributed by atoms with van der Waals surface area (Å²) in [6.45, 7) is 2.52. The van der Waals surface area contributed by atoms with Crippen molar-refractivity contribution in [3.63, 3.8) is 0 Å². The topological polar surface area (TPSA) is 54.9 Å². The number of nitrogens with one attached hydrogen (secondary N) is 1. The van der Waals surface area contributed by atoms with Crippen LogP contribution in [-0.4, -0.2) is 22.6 Å². The van der Waals surface area contributed by atoms with Gasteiger partial charge in [-0.25, -0.2) is 0 Å². The normalized spacial score (nSPS) is 10.6. The standard InChI is InChI=1S/C18H17N3O/c1-2-19-17(22)12-16-14-10-6-7-11-15(14)18(21-20-16)13-8-4-3-5-9-13/h3-11H,2,12H2,1H3,(H,19,22). The highest BCUT2D eigenvalue weighted by atomic mass is 16.1. The lowest BCUT2D eigenvalue weighted by atomic mass is 10.0. The summed E-state index contributed by atoms with van der Waals surface area (Å²) in [5.41, 5.74) is 2.58. The number of rotatable bonds is 4. The number of carbonyl (C=O) groups excluding carboxylic acids is 1. The quantitative estimate of drug-likeness (QED) is 0.804. The van der Waals surface area contributed by atoms with Crippen LogP contribution in [0.25, 0.3) is 22.0 Å². The molecule has 0 bridgehead atoms. The average Bonchev–Trinajstić information content (AvgIpc) is 2.56. The van der Waals surface area contributed by atoms with Crippen molar-refractivity contribution in [2.45, 2.75) is 13.3 Å². The van der Waals surface area contributed by atoms with Gasteiger partial charge in [-0.15, -0.1) is 5.10 Å². The Morgan fingerprint density at radius 1 is 0.955 bits per heavy atom. The van der Waals surface area contributed by atoms with Gasteiger partial charge in [0.2, 0.25) is 5.91 Å². The van der Waals surface area contributed by atoms with Crippen LogP contribution in [0.3, 0.4) is 0 Å². The SMILES string of the molecule is CCNC(=O)Cc1nnc(-c2ccccc2)c2ccccc12. The number of hydrogen-bond acceptors (Lipinski definition) is 3. The molecular formula is C18H17N3O. The zero-order valence-electron chi connectivity index (χ0n) is 12.4. The summed E-state index contributed by atoms with van der Waals surface area (Å²) in [5.74, 6) is -0.0329. The average molecular weight is 291 g/mol. The first-order valence-electron chi connectivity index (χ1n) is 7.36. The van der Waals surface area contributed by atoms with E-state index in [0.717, 1.165) is 22.0 Å². The van der Waals surface area contributed by atoms with Crippen LogP contribution in [0.1, 0.15) is 12.6 Å². The Kier molecular flexibility index (Phi) is 4.10. The van der Waals surface area contributed by atoms with E-state index in [-0.39, 0.29) is 12.3 Å². The van der Waals surface area contributed by atoms with E-state index in [4.69, 9.17) is 0 Å². The highest BCUT2D eigenvalue weighted by Gasteiger charge is 2.12. The molecule has 0 aliphatic carbocycles. The number of fused-ring (bicyclic) bond motifs is 1. The van der Waals surface area contributed by atoms with Crippen molar-refractivity contribution in [2.24, 2.45) is 0 Å². The second-order valence-electron chi connectivity index (χ2n) is 5.04. The fraction of sp³-hybridized carbons (Fsp3) is 0.167. The second-order valence-corrected chi connectivity index (χ2v) is 5.04. The molecule has 0 fully saturated rings. The third-order valence-electron chi connectivity index (χ3n) is 3.51. The lowest BCUT2D eigenvalue weighted by Crippen LogP contribution is -2.25. The third-order valence-corrected chi connectivity index (χ3v) is 3.51. The molecule has 4 nitrogen and oxygen atoms in total. The fourth-order valence-electron chi connectivity index (χ4n) is 2.51. The van der Waals surface area contributed by atoms with Crippen molar-refractivity contribution in [3.05, 3.63) is 60.3 Å². The van der Waals surface area contributed by atoms with Crippen LogP contribution in [0.15, 0.2) is 54.6 Å². The van der Waals surface area contributed by atoms with Crippen LogP contribution in [0, 0.1) is 0 Å². The van der Waals surface area contributed by atoms with Crippen molar-refractivity contribution < 1.29 is 4.79 Å². The molecule has 22 heavy (non-hydrogen) atoms. The molecule has 2 aromatic carbocycles. The molecule has 0 unspecified atom stereocenters. The number of benzene rings is 2. The summed E-state index contributed by atoms with van der Waals surface area (Å²) < 4.78 is 0. The Balaban J connectivity index is 2.10. The van der Waals surface area contributed by atoms with Gasteiger partial charge in [-0.05, 0) is 6.92 Å². The first-order valence-corrected chi connectivity index (χ1v) is 7.36. The van der Waals surface area contributed by atoms with Gasteiger partial charge in [0.05, 0.1) is 12.1 Å². The molecule has 0 saturated heterocycles. The van der Waals surface area contributed by atoms with E-state index < -0.39 is 0 Å². The first kappa shape index (κ1) is 14.2. The number of amides is 1. The summed E-state index contributed by atoms with van der Waals surface area (Å²) >= 11 is 0. The van der Waals surface area contributed by atoms with Crippen molar-refractivity contribution in [3.8, 4) is 11.3 Å². The Morgan fingerprint density at radius 2 is 1.64 bits per heavy atom. The predicted molar refractivity (Wildman–Crippen MR) is 87.4 cm³/mol. The maximum absolute atomic E-state index is 11.8. The maximum atomic E-state index is 11.8. The van der Waals surface area contributed by atoms with Gasteiger partial charge in [0, 0.05) is 22.9 Å². The summed E-state index contributed by atoms with van der Waals surface area (Å²) in [6, 6.07) is 17.9. The zero-order chi connectivity index (χ0) is 15.4. The van der Waals surface area contributed by atoms with E-state index in [1.807, 2.05) is 61.5 Å². The number of hydrogen-bond donors (Lipinski definition) is 1. The highest BCUT2D eigenvalue weighted by molar-refractivity contribution is 5.97. The van der Waals surface area contributed by atoms with E-state index in [9.17, 15) is 4.79 Å². The first-order chi connectivity index (χ1) is 10.8. The van der Waals surface area contributed by atoms with Crippen LogP contribution in [0.4, 0.5) is 0 Å². The molecule has 0 saturated carbocycles. The van der Waals surface area contributed by atoms with Gasteiger partial charge in [0.15, 0.2) is 0 Å². The molecule has 0 aliphatic heterocycles. The van der Waals surface area contributed by atoms with Crippen LogP contribution in [0.5, 0.6) is 0 Å². The Morgan fingerprint density at radius 3 is 2.36 bits per heavy atom. The van der Waals surface area contributed by atoms with Crippen LogP contribution in [0.2, 0.25) is 0 Å². The Hall–Kier alpha value is -2.75. The molecule has 0 atom stereocenters. The van der Waals surface area contributed by atoms with Gasteiger partial charge in [0.25, 0.3) is 0 Å². The van der Waals surface area contributed by atoms with E-state index in [1.54, 1.807) is 0 Å². The maximum Gasteiger partial charge on any atom is 0.226 e. The summed E-state index contributed by atoms with van der Waals surface area (Å²) in [4.78, 5) is 11.8. The van der Waals surface area contributed by atoms with E-state index in [1.165, 1.54) is 0 Å². The van der Waals surface area contributed by atoms with E-state index >= 15 is 0 Å². The van der Waals surface area contributed by atoms with Gasteiger partial charge in [0.1, 0.15) is 5.69 Å². The van der Waals surface area contributed by atoms with Gasteiger partial charge < -0.3 is 5.32 Å². The molecular weight excluding hydrogens is 274 g/mol. The largest absolute Gasteiger partial charge is 0.356 e. The molecule has 4 heteroatoms. The minimum absolute atomic E-state index is 0.0329. The highest BCUT2D eigenvalue weighted by Crippen LogP contribution is 2.27. The lowest BCUT2D eigenvalue weighted by Gasteiger charge is -2.09. The van der Waals surface area contributed by atoms with Gasteiger partial charge in [-0.1, -0.05) is 54.6 Å². The van der Waals surface area contributed by atoms with Crippen molar-refractivity contribution in [2.75, 3.05) is 6.54 Å². The smallest absolute Gasteiger partial charge is 0.226 e. The molecule has 1 amide bonds. The Bertz CT molecular complexity index is 800. The van der Waals surface area contributed by atoms with E-state index in [0.29, 0.717) is 12.2 Å². The minimum Gasteiger partial charge on any atom is -0.356 e. The zero-order valence-corrected chi connectivity index (χ0v) is 12.4. The molecule has 110 valence electrons. The molecule has 1 N–H and O–H groups in total. The molecule has 0 radical (unpaired) electrons. The summed E-state index contributed by atoms with van der Waals surface area (Å²) in [7, 11) is 0. The molecule has 0 aliphatic rings. The fourth-order valence-corrected chi connectivity index (χ4v) is 2.51. The molecule has 1 aromatic heterocycles. The van der Waals surface area contributed by atoms with Gasteiger partial charge in [-0.3, -0.25) is 4.79 Å². The van der Waals surface area contributed by atoms with Gasteiger partial charge in [-0.2, -0.15) is 5.10 Å². The Labute approximate surface area is 129 Å². The number of aromatic nitrogens is 2. The van der Waals surface area contributed by atoms with Crippen molar-refractivity contribution in [1.82, 2.24) is 15.5 Å². The number of carbonyl (C=O) groups is 1. The van der Waals surface area contributed by atoms with Crippen LogP contribution < -0.4 is 5.32 Å². The van der Waals surface area contributed by atoms with Crippen LogP contribution in [-0.2, 0) is 11.2 Å². The summed E-state index contributed by atoms with van der Waals surface area (Å²) in [6.07, 6.45) is 0.246. The van der Waals surface area contributed by atoms with Gasteiger partial charge >= 0.3 is 0 Å². The van der Waals surface area contributed by atoms with E-state index in [2.05, 4.69) is 15.5 Å². The van der Waals surface area contributed by atoms with Crippen molar-refractivity contribution >= 4 is 16.7 Å². The minimum atomic E-state index is -0.0329. The molecule has 3 rings (SSSR count). The predicted octanol–water partition coefficient (Wildman–Crippen LogP) is 2.98.